The van der Waals surface area contributed by atoms with E-state index in [9.17, 15) is 9.18 Å². The molecule has 2 aromatic rings. The quantitative estimate of drug-likeness (QED) is 0.725. The van der Waals surface area contributed by atoms with E-state index in [1.807, 2.05) is 26.8 Å². The smallest absolute Gasteiger partial charge is 0.410 e. The van der Waals surface area contributed by atoms with Crippen LogP contribution in [0.15, 0.2) is 33.9 Å². The van der Waals surface area contributed by atoms with E-state index in [0.29, 0.717) is 23.4 Å². The lowest BCUT2D eigenvalue weighted by Crippen LogP contribution is -2.36. The molecule has 0 spiro atoms. The molecule has 2 heterocycles. The number of carbonyl (C=O) groups excluding carboxylic acids is 1. The van der Waals surface area contributed by atoms with Crippen LogP contribution in [0.25, 0.3) is 0 Å². The standard InChI is InChI=1S/C18H22FN3O3S/c1-18(2,3)25-17(23)22-9-5-8-14(22)15-20-21-16(24-15)26-11-12-6-4-7-13(19)10-12/h4,6-7,10,14H,5,8-9,11H2,1-3H3/t14-/m0/s1. The van der Waals surface area contributed by atoms with Crippen molar-refractivity contribution in [2.75, 3.05) is 6.54 Å². The van der Waals surface area contributed by atoms with E-state index >= 15 is 0 Å². The van der Waals surface area contributed by atoms with E-state index in [1.54, 1.807) is 11.0 Å². The Kier molecular flexibility index (Phi) is 5.50. The third-order valence-electron chi connectivity index (χ3n) is 3.84. The number of thioether (sulfide) groups is 1. The molecule has 0 bridgehead atoms. The fourth-order valence-corrected chi connectivity index (χ4v) is 3.46. The number of rotatable bonds is 4. The van der Waals surface area contributed by atoms with Crippen molar-refractivity contribution in [3.63, 3.8) is 0 Å². The number of ether oxygens (including phenoxy) is 1. The lowest BCUT2D eigenvalue weighted by atomic mass is 10.2. The number of benzene rings is 1. The molecule has 1 aromatic heterocycles. The molecule has 1 atom stereocenters. The zero-order chi connectivity index (χ0) is 18.7. The molecule has 1 fully saturated rings. The highest BCUT2D eigenvalue weighted by molar-refractivity contribution is 7.98. The molecular formula is C18H22FN3O3S. The fourth-order valence-electron chi connectivity index (χ4n) is 2.75. The van der Waals surface area contributed by atoms with Gasteiger partial charge in [0.15, 0.2) is 0 Å². The molecule has 6 nitrogen and oxygen atoms in total. The minimum atomic E-state index is -0.551. The van der Waals surface area contributed by atoms with Gasteiger partial charge < -0.3 is 9.15 Å². The fraction of sp³-hybridized carbons (Fsp3) is 0.500. The second-order valence-electron chi connectivity index (χ2n) is 7.16. The number of amides is 1. The van der Waals surface area contributed by atoms with Crippen LogP contribution in [0.5, 0.6) is 0 Å². The summed E-state index contributed by atoms with van der Waals surface area (Å²) in [5, 5.41) is 8.54. The van der Waals surface area contributed by atoms with Crippen molar-refractivity contribution in [1.82, 2.24) is 15.1 Å². The Bertz CT molecular complexity index is 775. The topological polar surface area (TPSA) is 68.5 Å². The van der Waals surface area contributed by atoms with Gasteiger partial charge in [-0.1, -0.05) is 23.9 Å². The summed E-state index contributed by atoms with van der Waals surface area (Å²) in [6.45, 7) is 6.12. The SMILES string of the molecule is CC(C)(C)OC(=O)N1CCC[C@H]1c1nnc(SCc2cccc(F)c2)o1. The number of nitrogens with zero attached hydrogens (tertiary/aromatic N) is 3. The average Bonchev–Trinajstić information content (AvgIpc) is 3.20. The minimum Gasteiger partial charge on any atom is -0.444 e. The molecule has 0 unspecified atom stereocenters. The zero-order valence-electron chi connectivity index (χ0n) is 15.1. The number of aromatic nitrogens is 2. The van der Waals surface area contributed by atoms with Crippen LogP contribution in [0, 0.1) is 5.82 Å². The number of hydrogen-bond donors (Lipinski definition) is 0. The predicted molar refractivity (Wildman–Crippen MR) is 95.2 cm³/mol. The second-order valence-corrected chi connectivity index (χ2v) is 8.08. The van der Waals surface area contributed by atoms with Gasteiger partial charge in [-0.05, 0) is 51.3 Å². The molecule has 1 saturated heterocycles. The lowest BCUT2D eigenvalue weighted by molar-refractivity contribution is 0.0201. The normalized spacial score (nSPS) is 17.5. The molecule has 0 saturated carbocycles. The van der Waals surface area contributed by atoms with Gasteiger partial charge in [0.2, 0.25) is 5.89 Å². The first-order valence-electron chi connectivity index (χ1n) is 8.52. The first-order valence-corrected chi connectivity index (χ1v) is 9.51. The molecule has 3 rings (SSSR count). The van der Waals surface area contributed by atoms with Gasteiger partial charge in [-0.15, -0.1) is 10.2 Å². The predicted octanol–water partition coefficient (Wildman–Crippen LogP) is 4.57. The van der Waals surface area contributed by atoms with E-state index in [1.165, 1.54) is 23.9 Å². The van der Waals surface area contributed by atoms with Crippen molar-refractivity contribution in [3.05, 3.63) is 41.5 Å². The summed E-state index contributed by atoms with van der Waals surface area (Å²) in [7, 11) is 0. The van der Waals surface area contributed by atoms with Gasteiger partial charge in [-0.3, -0.25) is 4.90 Å². The van der Waals surface area contributed by atoms with Gasteiger partial charge in [0.1, 0.15) is 17.5 Å². The van der Waals surface area contributed by atoms with Crippen LogP contribution in [-0.4, -0.2) is 33.3 Å². The highest BCUT2D eigenvalue weighted by Crippen LogP contribution is 2.34. The highest BCUT2D eigenvalue weighted by Gasteiger charge is 2.36. The monoisotopic (exact) mass is 379 g/mol. The molecule has 1 amide bonds. The van der Waals surface area contributed by atoms with Crippen molar-refractivity contribution in [1.29, 1.82) is 0 Å². The maximum absolute atomic E-state index is 13.2. The van der Waals surface area contributed by atoms with Gasteiger partial charge in [-0.2, -0.15) is 0 Å². The van der Waals surface area contributed by atoms with Crippen LogP contribution < -0.4 is 0 Å². The zero-order valence-corrected chi connectivity index (χ0v) is 15.9. The first kappa shape index (κ1) is 18.7. The maximum atomic E-state index is 13.2. The van der Waals surface area contributed by atoms with Crippen molar-refractivity contribution in [2.45, 2.75) is 56.2 Å². The summed E-state index contributed by atoms with van der Waals surface area (Å²) in [5.74, 6) is 0.670. The molecular weight excluding hydrogens is 357 g/mol. The van der Waals surface area contributed by atoms with Gasteiger partial charge in [-0.25, -0.2) is 9.18 Å². The molecule has 8 heteroatoms. The molecule has 1 aliphatic heterocycles. The number of carbonyl (C=O) groups is 1. The second kappa shape index (κ2) is 7.65. The van der Waals surface area contributed by atoms with Gasteiger partial charge >= 0.3 is 6.09 Å². The van der Waals surface area contributed by atoms with Crippen LogP contribution in [0.2, 0.25) is 0 Å². The maximum Gasteiger partial charge on any atom is 0.410 e. The third-order valence-corrected chi connectivity index (χ3v) is 4.73. The molecule has 0 radical (unpaired) electrons. The lowest BCUT2D eigenvalue weighted by Gasteiger charge is -2.27. The van der Waals surface area contributed by atoms with Crippen LogP contribution >= 0.6 is 11.8 Å². The van der Waals surface area contributed by atoms with Gasteiger partial charge in [0, 0.05) is 12.3 Å². The average molecular weight is 379 g/mol. The Hall–Kier alpha value is -2.09. The van der Waals surface area contributed by atoms with Crippen LogP contribution in [0.1, 0.15) is 51.1 Å². The molecule has 1 aromatic carbocycles. The number of halogens is 1. The Labute approximate surface area is 156 Å². The van der Waals surface area contributed by atoms with E-state index in [2.05, 4.69) is 10.2 Å². The van der Waals surface area contributed by atoms with E-state index in [4.69, 9.17) is 9.15 Å². The summed E-state index contributed by atoms with van der Waals surface area (Å²) in [4.78, 5) is 14.0. The Morgan fingerprint density at radius 2 is 2.23 bits per heavy atom. The molecule has 26 heavy (non-hydrogen) atoms. The summed E-state index contributed by atoms with van der Waals surface area (Å²) in [5.41, 5.74) is 0.288. The van der Waals surface area contributed by atoms with Crippen molar-refractivity contribution in [2.24, 2.45) is 0 Å². The summed E-state index contributed by atoms with van der Waals surface area (Å²) in [6, 6.07) is 6.13. The van der Waals surface area contributed by atoms with Crippen LogP contribution in [0.4, 0.5) is 9.18 Å². The van der Waals surface area contributed by atoms with Gasteiger partial charge in [0.25, 0.3) is 5.22 Å². The van der Waals surface area contributed by atoms with Crippen molar-refractivity contribution in [3.8, 4) is 0 Å². The van der Waals surface area contributed by atoms with E-state index < -0.39 is 5.60 Å². The molecule has 140 valence electrons. The summed E-state index contributed by atoms with van der Waals surface area (Å²) in [6.07, 6.45) is 1.25. The summed E-state index contributed by atoms with van der Waals surface area (Å²) < 4.78 is 24.4. The Balaban J connectivity index is 1.63. The number of likely N-dealkylation sites (tertiary alicyclic amines) is 1. The van der Waals surface area contributed by atoms with Crippen LogP contribution in [-0.2, 0) is 10.5 Å². The molecule has 0 N–H and O–H groups in total. The molecule has 1 aliphatic rings. The molecule has 0 aliphatic carbocycles. The largest absolute Gasteiger partial charge is 0.444 e. The summed E-state index contributed by atoms with van der Waals surface area (Å²) >= 11 is 1.34. The Morgan fingerprint density at radius 3 is 2.96 bits per heavy atom. The first-order chi connectivity index (χ1) is 12.3. The minimum absolute atomic E-state index is 0.263. The van der Waals surface area contributed by atoms with E-state index in [-0.39, 0.29) is 18.0 Å². The van der Waals surface area contributed by atoms with Crippen molar-refractivity contribution >= 4 is 17.9 Å². The van der Waals surface area contributed by atoms with E-state index in [0.717, 1.165) is 18.4 Å². The highest BCUT2D eigenvalue weighted by atomic mass is 32.2. The Morgan fingerprint density at radius 1 is 1.42 bits per heavy atom. The number of hydrogen-bond acceptors (Lipinski definition) is 6. The van der Waals surface area contributed by atoms with Crippen LogP contribution in [0.3, 0.4) is 0 Å². The van der Waals surface area contributed by atoms with Crippen molar-refractivity contribution < 1.29 is 18.3 Å². The third kappa shape index (κ3) is 4.75. The van der Waals surface area contributed by atoms with Gasteiger partial charge in [0.05, 0.1) is 0 Å².